The molecule has 172 valence electrons. The van der Waals surface area contributed by atoms with Gasteiger partial charge in [0.05, 0.1) is 42.1 Å². The summed E-state index contributed by atoms with van der Waals surface area (Å²) in [6, 6.07) is 14.8. The number of para-hydroxylation sites is 1. The van der Waals surface area contributed by atoms with Crippen LogP contribution in [-0.2, 0) is 4.79 Å². The SMILES string of the molecule is COc1ccc(OC)c(C(C)NC(=O)CSc2cc(C(=O)NC3CC3)c3ccccc3n2)c1. The molecule has 4 rings (SSSR count). The van der Waals surface area contributed by atoms with E-state index in [1.807, 2.05) is 49.4 Å². The van der Waals surface area contributed by atoms with Crippen molar-refractivity contribution in [2.24, 2.45) is 0 Å². The topological polar surface area (TPSA) is 89.5 Å². The number of hydrogen-bond donors (Lipinski definition) is 2. The van der Waals surface area contributed by atoms with Crippen LogP contribution >= 0.6 is 11.8 Å². The van der Waals surface area contributed by atoms with Gasteiger partial charge in [-0.25, -0.2) is 4.98 Å². The van der Waals surface area contributed by atoms with E-state index in [-0.39, 0.29) is 29.7 Å². The molecule has 1 atom stereocenters. The van der Waals surface area contributed by atoms with Crippen molar-refractivity contribution in [3.63, 3.8) is 0 Å². The third-order valence-corrected chi connectivity index (χ3v) is 6.39. The number of carbonyl (C=O) groups is 2. The van der Waals surface area contributed by atoms with E-state index in [2.05, 4.69) is 15.6 Å². The Kier molecular flexibility index (Phi) is 7.03. The Morgan fingerprint density at radius 3 is 2.64 bits per heavy atom. The van der Waals surface area contributed by atoms with Crippen molar-refractivity contribution in [3.05, 3.63) is 59.7 Å². The first-order valence-corrected chi connectivity index (χ1v) is 11.8. The van der Waals surface area contributed by atoms with Crippen molar-refractivity contribution < 1.29 is 19.1 Å². The normalized spacial score (nSPS) is 13.9. The van der Waals surface area contributed by atoms with Gasteiger partial charge in [-0.05, 0) is 50.1 Å². The molecule has 0 spiro atoms. The first-order valence-electron chi connectivity index (χ1n) is 10.8. The molecule has 0 saturated heterocycles. The summed E-state index contributed by atoms with van der Waals surface area (Å²) < 4.78 is 10.7. The van der Waals surface area contributed by atoms with E-state index in [0.29, 0.717) is 22.1 Å². The van der Waals surface area contributed by atoms with E-state index in [1.54, 1.807) is 20.3 Å². The lowest BCUT2D eigenvalue weighted by atomic mass is 10.1. The highest BCUT2D eigenvalue weighted by atomic mass is 32.2. The number of rotatable bonds is 9. The molecule has 2 aromatic carbocycles. The van der Waals surface area contributed by atoms with Crippen LogP contribution in [0.5, 0.6) is 11.5 Å². The number of aromatic nitrogens is 1. The Balaban J connectivity index is 1.46. The Morgan fingerprint density at radius 2 is 1.91 bits per heavy atom. The van der Waals surface area contributed by atoms with Crippen molar-refractivity contribution in [3.8, 4) is 11.5 Å². The molecule has 1 heterocycles. The molecular formula is C25H27N3O4S. The van der Waals surface area contributed by atoms with Crippen molar-refractivity contribution in [1.82, 2.24) is 15.6 Å². The number of pyridine rings is 1. The molecule has 7 nitrogen and oxygen atoms in total. The molecule has 2 amide bonds. The third kappa shape index (κ3) is 5.57. The van der Waals surface area contributed by atoms with Crippen LogP contribution in [0.15, 0.2) is 53.6 Å². The van der Waals surface area contributed by atoms with Crippen LogP contribution < -0.4 is 20.1 Å². The molecule has 0 bridgehead atoms. The Hall–Kier alpha value is -3.26. The lowest BCUT2D eigenvalue weighted by molar-refractivity contribution is -0.119. The molecule has 33 heavy (non-hydrogen) atoms. The number of nitrogens with zero attached hydrogens (tertiary/aromatic N) is 1. The molecule has 8 heteroatoms. The molecule has 1 saturated carbocycles. The molecule has 1 aromatic heterocycles. The maximum absolute atomic E-state index is 12.8. The molecule has 0 aliphatic heterocycles. The number of amides is 2. The third-order valence-electron chi connectivity index (χ3n) is 5.48. The first-order chi connectivity index (χ1) is 16.0. The summed E-state index contributed by atoms with van der Waals surface area (Å²) in [4.78, 5) is 30.1. The summed E-state index contributed by atoms with van der Waals surface area (Å²) in [7, 11) is 3.19. The Bertz CT molecular complexity index is 1180. The maximum Gasteiger partial charge on any atom is 0.252 e. The number of ether oxygens (including phenoxy) is 2. The zero-order valence-corrected chi connectivity index (χ0v) is 19.7. The van der Waals surface area contributed by atoms with Crippen LogP contribution in [0.4, 0.5) is 0 Å². The highest BCUT2D eigenvalue weighted by Gasteiger charge is 2.25. The highest BCUT2D eigenvalue weighted by molar-refractivity contribution is 7.99. The monoisotopic (exact) mass is 465 g/mol. The van der Waals surface area contributed by atoms with E-state index in [4.69, 9.17) is 9.47 Å². The minimum Gasteiger partial charge on any atom is -0.497 e. The molecule has 3 aromatic rings. The summed E-state index contributed by atoms with van der Waals surface area (Å²) in [5.41, 5.74) is 2.15. The van der Waals surface area contributed by atoms with Crippen molar-refractivity contribution in [2.45, 2.75) is 36.9 Å². The van der Waals surface area contributed by atoms with Gasteiger partial charge in [0.25, 0.3) is 5.91 Å². The lowest BCUT2D eigenvalue weighted by Crippen LogP contribution is -2.28. The van der Waals surface area contributed by atoms with Crippen LogP contribution in [0, 0.1) is 0 Å². The molecule has 1 aliphatic rings. The Labute approximate surface area is 197 Å². The average Bonchev–Trinajstić information content (AvgIpc) is 3.65. The number of nitrogens with one attached hydrogen (secondary N) is 2. The number of benzene rings is 2. The minimum absolute atomic E-state index is 0.0962. The lowest BCUT2D eigenvalue weighted by Gasteiger charge is -2.18. The zero-order chi connectivity index (χ0) is 23.4. The minimum atomic E-state index is -0.271. The van der Waals surface area contributed by atoms with E-state index >= 15 is 0 Å². The smallest absolute Gasteiger partial charge is 0.252 e. The number of fused-ring (bicyclic) bond motifs is 1. The second kappa shape index (κ2) is 10.1. The highest BCUT2D eigenvalue weighted by Crippen LogP contribution is 2.30. The predicted molar refractivity (Wildman–Crippen MR) is 129 cm³/mol. The zero-order valence-electron chi connectivity index (χ0n) is 18.9. The van der Waals surface area contributed by atoms with Gasteiger partial charge >= 0.3 is 0 Å². The van der Waals surface area contributed by atoms with E-state index < -0.39 is 0 Å². The summed E-state index contributed by atoms with van der Waals surface area (Å²) in [6.45, 7) is 1.90. The van der Waals surface area contributed by atoms with Gasteiger partial charge in [0, 0.05) is 17.0 Å². The van der Waals surface area contributed by atoms with Crippen LogP contribution in [0.3, 0.4) is 0 Å². The second-order valence-corrected chi connectivity index (χ2v) is 8.95. The van der Waals surface area contributed by atoms with Crippen LogP contribution in [-0.4, -0.2) is 42.8 Å². The fourth-order valence-electron chi connectivity index (χ4n) is 3.58. The molecular weight excluding hydrogens is 438 g/mol. The number of hydrogen-bond acceptors (Lipinski definition) is 6. The predicted octanol–water partition coefficient (Wildman–Crippen LogP) is 4.11. The van der Waals surface area contributed by atoms with Crippen molar-refractivity contribution in [1.29, 1.82) is 0 Å². The molecule has 0 radical (unpaired) electrons. The van der Waals surface area contributed by atoms with E-state index in [1.165, 1.54) is 11.8 Å². The van der Waals surface area contributed by atoms with Gasteiger partial charge in [-0.2, -0.15) is 0 Å². The molecule has 1 fully saturated rings. The Morgan fingerprint density at radius 1 is 1.12 bits per heavy atom. The van der Waals surface area contributed by atoms with Crippen molar-refractivity contribution >= 4 is 34.5 Å². The number of thioether (sulfide) groups is 1. The van der Waals surface area contributed by atoms with Gasteiger partial charge < -0.3 is 20.1 Å². The summed E-state index contributed by atoms with van der Waals surface area (Å²) in [5, 5.41) is 7.48. The van der Waals surface area contributed by atoms with E-state index in [0.717, 1.165) is 29.3 Å². The van der Waals surface area contributed by atoms with Gasteiger partial charge in [0.1, 0.15) is 11.5 Å². The van der Waals surface area contributed by atoms with Gasteiger partial charge in [-0.3, -0.25) is 9.59 Å². The second-order valence-electron chi connectivity index (χ2n) is 7.96. The fourth-order valence-corrected chi connectivity index (χ4v) is 4.31. The summed E-state index contributed by atoms with van der Waals surface area (Å²) >= 11 is 1.31. The molecule has 2 N–H and O–H groups in total. The van der Waals surface area contributed by atoms with Crippen LogP contribution in [0.25, 0.3) is 10.9 Å². The maximum atomic E-state index is 12.8. The van der Waals surface area contributed by atoms with Gasteiger partial charge in [-0.15, -0.1) is 0 Å². The fraction of sp³-hybridized carbons (Fsp3) is 0.320. The number of methoxy groups -OCH3 is 2. The first kappa shape index (κ1) is 22.9. The van der Waals surface area contributed by atoms with Gasteiger partial charge in [-0.1, -0.05) is 30.0 Å². The molecule has 1 unspecified atom stereocenters. The van der Waals surface area contributed by atoms with Crippen LogP contribution in [0.1, 0.15) is 41.7 Å². The summed E-state index contributed by atoms with van der Waals surface area (Å²) in [6.07, 6.45) is 2.04. The molecule has 1 aliphatic carbocycles. The van der Waals surface area contributed by atoms with Crippen molar-refractivity contribution in [2.75, 3.05) is 20.0 Å². The quantitative estimate of drug-likeness (QED) is 0.462. The standard InChI is InChI=1S/C25H27N3O4S/c1-15(19-12-17(31-2)10-11-22(19)32-3)26-23(29)14-33-24-13-20(25(30)27-16-8-9-16)18-6-4-5-7-21(18)28-24/h4-7,10-13,15-16H,8-9,14H2,1-3H3,(H,26,29)(H,27,30). The summed E-state index contributed by atoms with van der Waals surface area (Å²) in [5.74, 6) is 1.31. The van der Waals surface area contributed by atoms with Gasteiger partial charge in [0.15, 0.2) is 0 Å². The van der Waals surface area contributed by atoms with Crippen LogP contribution in [0.2, 0.25) is 0 Å². The number of carbonyl (C=O) groups excluding carboxylic acids is 2. The average molecular weight is 466 g/mol. The largest absolute Gasteiger partial charge is 0.497 e. The van der Waals surface area contributed by atoms with Gasteiger partial charge in [0.2, 0.25) is 5.91 Å². The van der Waals surface area contributed by atoms with E-state index in [9.17, 15) is 9.59 Å².